The van der Waals surface area contributed by atoms with Crippen LogP contribution in [-0.4, -0.2) is 6.54 Å². The summed E-state index contributed by atoms with van der Waals surface area (Å²) in [5, 5.41) is 3.37. The lowest BCUT2D eigenvalue weighted by molar-refractivity contribution is 0.457. The van der Waals surface area contributed by atoms with Gasteiger partial charge < -0.3 is 9.73 Å². The maximum atomic E-state index is 5.38. The van der Waals surface area contributed by atoms with Crippen molar-refractivity contribution < 1.29 is 4.42 Å². The molecule has 0 saturated heterocycles. The highest BCUT2D eigenvalue weighted by molar-refractivity contribution is 9.10. The summed E-state index contributed by atoms with van der Waals surface area (Å²) in [6, 6.07) is 3.92. The molecule has 1 rings (SSSR count). The summed E-state index contributed by atoms with van der Waals surface area (Å²) in [6.45, 7) is 6.44. The third-order valence-corrected chi connectivity index (χ3v) is 2.74. The van der Waals surface area contributed by atoms with Crippen LogP contribution in [0.5, 0.6) is 0 Å². The largest absolute Gasteiger partial charge is 0.453 e. The van der Waals surface area contributed by atoms with E-state index in [1.807, 2.05) is 12.1 Å². The Labute approximate surface area is 101 Å². The molecule has 0 amide bonds. The quantitative estimate of drug-likeness (QED) is 0.761. The summed E-state index contributed by atoms with van der Waals surface area (Å²) < 4.78 is 6.19. The monoisotopic (exact) mass is 273 g/mol. The Bertz CT molecular complexity index is 270. The summed E-state index contributed by atoms with van der Waals surface area (Å²) in [5.41, 5.74) is 0. The average Bonchev–Trinajstić information content (AvgIpc) is 2.57. The third-order valence-electron chi connectivity index (χ3n) is 2.31. The molecule has 0 aliphatic heterocycles. The second kappa shape index (κ2) is 7.07. The van der Waals surface area contributed by atoms with Crippen molar-refractivity contribution in [2.45, 2.75) is 39.7 Å². The van der Waals surface area contributed by atoms with E-state index in [2.05, 4.69) is 35.1 Å². The topological polar surface area (TPSA) is 25.2 Å². The average molecular weight is 274 g/mol. The molecule has 1 N–H and O–H groups in total. The van der Waals surface area contributed by atoms with Gasteiger partial charge in [-0.2, -0.15) is 0 Å². The molecule has 0 radical (unpaired) electrons. The maximum absolute atomic E-state index is 5.38. The predicted octanol–water partition coefficient (Wildman–Crippen LogP) is 3.96. The number of halogens is 1. The first kappa shape index (κ1) is 12.8. The van der Waals surface area contributed by atoms with Crippen LogP contribution in [0.1, 0.15) is 38.9 Å². The van der Waals surface area contributed by atoms with E-state index in [0.717, 1.165) is 29.4 Å². The second-order valence-electron chi connectivity index (χ2n) is 4.27. The van der Waals surface area contributed by atoms with Crippen molar-refractivity contribution in [2.75, 3.05) is 6.54 Å². The highest BCUT2D eigenvalue weighted by Gasteiger charge is 1.98. The van der Waals surface area contributed by atoms with Crippen LogP contribution in [0.15, 0.2) is 21.2 Å². The van der Waals surface area contributed by atoms with Crippen molar-refractivity contribution in [1.82, 2.24) is 5.32 Å². The van der Waals surface area contributed by atoms with E-state index in [1.54, 1.807) is 0 Å². The van der Waals surface area contributed by atoms with Gasteiger partial charge in [0.1, 0.15) is 5.76 Å². The lowest BCUT2D eigenvalue weighted by Crippen LogP contribution is -2.14. The molecule has 2 nitrogen and oxygen atoms in total. The first-order valence-corrected chi connectivity index (χ1v) is 6.42. The second-order valence-corrected chi connectivity index (χ2v) is 5.05. The van der Waals surface area contributed by atoms with Crippen molar-refractivity contribution in [3.63, 3.8) is 0 Å². The smallest absolute Gasteiger partial charge is 0.169 e. The molecular weight excluding hydrogens is 254 g/mol. The van der Waals surface area contributed by atoms with Crippen molar-refractivity contribution in [1.29, 1.82) is 0 Å². The first-order chi connectivity index (χ1) is 7.18. The number of hydrogen-bond acceptors (Lipinski definition) is 2. The number of unbranched alkanes of at least 4 members (excludes halogenated alkanes) is 1. The van der Waals surface area contributed by atoms with Crippen molar-refractivity contribution >= 4 is 15.9 Å². The Morgan fingerprint density at radius 2 is 2.13 bits per heavy atom. The van der Waals surface area contributed by atoms with Crippen molar-refractivity contribution in [3.8, 4) is 0 Å². The van der Waals surface area contributed by atoms with Gasteiger partial charge in [0.2, 0.25) is 0 Å². The molecule has 86 valence electrons. The number of nitrogens with one attached hydrogen (secondary N) is 1. The van der Waals surface area contributed by atoms with Gasteiger partial charge >= 0.3 is 0 Å². The van der Waals surface area contributed by atoms with Gasteiger partial charge in [0.05, 0.1) is 6.54 Å². The van der Waals surface area contributed by atoms with E-state index in [9.17, 15) is 0 Å². The predicted molar refractivity (Wildman–Crippen MR) is 66.8 cm³/mol. The van der Waals surface area contributed by atoms with Gasteiger partial charge in [0.25, 0.3) is 0 Å². The molecule has 1 aromatic rings. The highest BCUT2D eigenvalue weighted by Crippen LogP contribution is 2.13. The van der Waals surface area contributed by atoms with Crippen LogP contribution in [-0.2, 0) is 6.54 Å². The molecule has 15 heavy (non-hydrogen) atoms. The minimum atomic E-state index is 0.805. The van der Waals surface area contributed by atoms with Gasteiger partial charge in [0, 0.05) is 0 Å². The van der Waals surface area contributed by atoms with Crippen LogP contribution in [0.25, 0.3) is 0 Å². The number of furan rings is 1. The van der Waals surface area contributed by atoms with Crippen LogP contribution in [0.2, 0.25) is 0 Å². The Balaban J connectivity index is 1.98. The molecule has 0 fully saturated rings. The zero-order valence-electron chi connectivity index (χ0n) is 9.55. The standard InChI is InChI=1S/C12H20BrNO/c1-10(2)5-3-4-8-14-9-11-6-7-12(13)15-11/h6-7,10,14H,3-5,8-9H2,1-2H3. The van der Waals surface area contributed by atoms with Crippen LogP contribution >= 0.6 is 15.9 Å². The Hall–Kier alpha value is -0.280. The van der Waals surface area contributed by atoms with Crippen LogP contribution < -0.4 is 5.32 Å². The van der Waals surface area contributed by atoms with Gasteiger partial charge in [-0.25, -0.2) is 0 Å². The highest BCUT2D eigenvalue weighted by atomic mass is 79.9. The molecule has 1 heterocycles. The lowest BCUT2D eigenvalue weighted by atomic mass is 10.1. The van der Waals surface area contributed by atoms with Gasteiger partial charge in [-0.1, -0.05) is 26.7 Å². The summed E-state index contributed by atoms with van der Waals surface area (Å²) >= 11 is 3.29. The van der Waals surface area contributed by atoms with Crippen LogP contribution in [0, 0.1) is 5.92 Å². The molecular formula is C12H20BrNO. The van der Waals surface area contributed by atoms with E-state index in [1.165, 1.54) is 19.3 Å². The fraction of sp³-hybridized carbons (Fsp3) is 0.667. The third kappa shape index (κ3) is 6.00. The van der Waals surface area contributed by atoms with Crippen LogP contribution in [0.4, 0.5) is 0 Å². The minimum Gasteiger partial charge on any atom is -0.453 e. The molecule has 3 heteroatoms. The molecule has 0 atom stereocenters. The fourth-order valence-electron chi connectivity index (χ4n) is 1.46. The molecule has 0 unspecified atom stereocenters. The number of rotatable bonds is 7. The summed E-state index contributed by atoms with van der Waals surface area (Å²) in [6.07, 6.45) is 3.89. The van der Waals surface area contributed by atoms with E-state index < -0.39 is 0 Å². The molecule has 0 bridgehead atoms. The Morgan fingerprint density at radius 3 is 2.73 bits per heavy atom. The molecule has 1 aromatic heterocycles. The lowest BCUT2D eigenvalue weighted by Gasteiger charge is -2.04. The van der Waals surface area contributed by atoms with E-state index >= 15 is 0 Å². The van der Waals surface area contributed by atoms with Gasteiger partial charge in [0.15, 0.2) is 4.67 Å². The number of hydrogen-bond donors (Lipinski definition) is 1. The SMILES string of the molecule is CC(C)CCCCNCc1ccc(Br)o1. The molecule has 0 aliphatic rings. The summed E-state index contributed by atoms with van der Waals surface area (Å²) in [5.74, 6) is 1.82. The van der Waals surface area contributed by atoms with E-state index in [0.29, 0.717) is 0 Å². The van der Waals surface area contributed by atoms with E-state index in [4.69, 9.17) is 4.42 Å². The molecule has 0 aliphatic carbocycles. The maximum Gasteiger partial charge on any atom is 0.169 e. The van der Waals surface area contributed by atoms with Crippen molar-refractivity contribution in [3.05, 3.63) is 22.6 Å². The Morgan fingerprint density at radius 1 is 1.33 bits per heavy atom. The van der Waals surface area contributed by atoms with Crippen molar-refractivity contribution in [2.24, 2.45) is 5.92 Å². The van der Waals surface area contributed by atoms with Gasteiger partial charge in [-0.05, 0) is 46.9 Å². The molecule has 0 saturated carbocycles. The zero-order chi connectivity index (χ0) is 11.1. The summed E-state index contributed by atoms with van der Waals surface area (Å²) in [7, 11) is 0. The summed E-state index contributed by atoms with van der Waals surface area (Å²) in [4.78, 5) is 0. The van der Waals surface area contributed by atoms with Gasteiger partial charge in [-0.15, -0.1) is 0 Å². The van der Waals surface area contributed by atoms with Crippen LogP contribution in [0.3, 0.4) is 0 Å². The first-order valence-electron chi connectivity index (χ1n) is 5.63. The Kier molecular flexibility index (Phi) is 6.03. The van der Waals surface area contributed by atoms with E-state index in [-0.39, 0.29) is 0 Å². The fourth-order valence-corrected chi connectivity index (χ4v) is 1.80. The van der Waals surface area contributed by atoms with Gasteiger partial charge in [-0.3, -0.25) is 0 Å². The molecule has 0 aromatic carbocycles. The normalized spacial score (nSPS) is 11.2. The minimum absolute atomic E-state index is 0.805. The molecule has 0 spiro atoms. The zero-order valence-corrected chi connectivity index (χ0v) is 11.1.